The molecule has 1 saturated carbocycles. The lowest BCUT2D eigenvalue weighted by Gasteiger charge is -2.31. The first kappa shape index (κ1) is 15.7. The molecule has 112 valence electrons. The highest BCUT2D eigenvalue weighted by atomic mass is 35.5. The summed E-state index contributed by atoms with van der Waals surface area (Å²) in [5.74, 6) is -1.92. The van der Waals surface area contributed by atoms with Crippen LogP contribution in [-0.4, -0.2) is 12.2 Å². The summed E-state index contributed by atoms with van der Waals surface area (Å²) in [5.41, 5.74) is 0.525. The molecule has 1 aromatic carbocycles. The summed E-state index contributed by atoms with van der Waals surface area (Å²) in [6, 6.07) is 2.70. The Morgan fingerprint density at radius 1 is 1.00 bits per heavy atom. The third-order valence-electron chi connectivity index (χ3n) is 3.54. The van der Waals surface area contributed by atoms with Crippen LogP contribution in [0.1, 0.15) is 25.7 Å². The van der Waals surface area contributed by atoms with E-state index in [1.807, 2.05) is 0 Å². The van der Waals surface area contributed by atoms with E-state index in [2.05, 4.69) is 5.32 Å². The monoisotopic (exact) mass is 329 g/mol. The molecular weight excluding hydrogens is 317 g/mol. The molecule has 2 rings (SSSR count). The number of hydrogen-bond acceptors (Lipinski definition) is 1. The van der Waals surface area contributed by atoms with Gasteiger partial charge < -0.3 is 5.32 Å². The second-order valence-corrected chi connectivity index (χ2v) is 5.80. The fourth-order valence-electron chi connectivity index (χ4n) is 2.44. The van der Waals surface area contributed by atoms with Gasteiger partial charge in [-0.1, -0.05) is 23.2 Å². The Hall–Kier alpha value is -0.680. The molecule has 1 fully saturated rings. The van der Waals surface area contributed by atoms with Gasteiger partial charge in [-0.05, 0) is 37.8 Å². The molecule has 20 heavy (non-hydrogen) atoms. The number of alkyl halides is 3. The fraction of sp³-hybridized carbons (Fsp3) is 0.538. The van der Waals surface area contributed by atoms with E-state index in [4.69, 9.17) is 23.2 Å². The van der Waals surface area contributed by atoms with E-state index < -0.39 is 17.9 Å². The molecule has 0 radical (unpaired) electrons. The summed E-state index contributed by atoms with van der Waals surface area (Å²) >= 11 is 11.3. The topological polar surface area (TPSA) is 12.0 Å². The lowest BCUT2D eigenvalue weighted by atomic mass is 9.85. The minimum atomic E-state index is -4.12. The Bertz CT molecular complexity index is 459. The van der Waals surface area contributed by atoms with Gasteiger partial charge in [0.15, 0.2) is 5.82 Å². The van der Waals surface area contributed by atoms with Crippen LogP contribution in [0, 0.1) is 11.7 Å². The number of nitrogens with one attached hydrogen (secondary N) is 1. The molecular formula is C13H13Cl2F4N. The van der Waals surface area contributed by atoms with E-state index in [9.17, 15) is 17.6 Å². The SMILES string of the molecule is Fc1c(Cl)cc(NC2CCC(C(F)(F)F)CC2)cc1Cl. The summed E-state index contributed by atoms with van der Waals surface area (Å²) in [5, 5.41) is 2.84. The number of anilines is 1. The third kappa shape index (κ3) is 3.70. The third-order valence-corrected chi connectivity index (χ3v) is 4.09. The van der Waals surface area contributed by atoms with Crippen molar-refractivity contribution in [3.63, 3.8) is 0 Å². The Morgan fingerprint density at radius 3 is 1.95 bits per heavy atom. The Labute approximate surface area is 124 Å². The van der Waals surface area contributed by atoms with Crippen LogP contribution in [-0.2, 0) is 0 Å². The standard InChI is InChI=1S/C13H13Cl2F4N/c14-10-5-9(6-11(15)12(10)16)20-8-3-1-7(2-4-8)13(17,18)19/h5-8,20H,1-4H2. The predicted molar refractivity (Wildman–Crippen MR) is 71.8 cm³/mol. The second kappa shape index (κ2) is 5.98. The van der Waals surface area contributed by atoms with Crippen LogP contribution >= 0.6 is 23.2 Å². The van der Waals surface area contributed by atoms with Gasteiger partial charge in [0.25, 0.3) is 0 Å². The van der Waals surface area contributed by atoms with Crippen LogP contribution < -0.4 is 5.32 Å². The Morgan fingerprint density at radius 2 is 1.50 bits per heavy atom. The van der Waals surface area contributed by atoms with Crippen molar-refractivity contribution in [2.24, 2.45) is 5.92 Å². The molecule has 0 aliphatic heterocycles. The summed E-state index contributed by atoms with van der Waals surface area (Å²) in [6.45, 7) is 0. The summed E-state index contributed by atoms with van der Waals surface area (Å²) < 4.78 is 50.9. The Kier molecular flexibility index (Phi) is 4.69. The first-order valence-electron chi connectivity index (χ1n) is 6.25. The normalized spacial score (nSPS) is 23.7. The van der Waals surface area contributed by atoms with Crippen LogP contribution in [0.4, 0.5) is 23.2 Å². The molecule has 0 unspecified atom stereocenters. The average molecular weight is 330 g/mol. The molecule has 1 aromatic rings. The molecule has 0 heterocycles. The smallest absolute Gasteiger partial charge is 0.382 e. The number of hydrogen-bond donors (Lipinski definition) is 1. The van der Waals surface area contributed by atoms with E-state index in [0.29, 0.717) is 18.5 Å². The highest BCUT2D eigenvalue weighted by molar-refractivity contribution is 6.35. The zero-order valence-electron chi connectivity index (χ0n) is 10.4. The first-order chi connectivity index (χ1) is 9.27. The Balaban J connectivity index is 1.96. The molecule has 1 nitrogen and oxygen atoms in total. The van der Waals surface area contributed by atoms with E-state index >= 15 is 0 Å². The molecule has 1 aliphatic carbocycles. The minimum absolute atomic E-state index is 0.0776. The number of rotatable bonds is 2. The average Bonchev–Trinajstić information content (AvgIpc) is 2.35. The molecule has 0 aromatic heterocycles. The summed E-state index contributed by atoms with van der Waals surface area (Å²) in [4.78, 5) is 0. The van der Waals surface area contributed by atoms with Crippen LogP contribution in [0.2, 0.25) is 10.0 Å². The van der Waals surface area contributed by atoms with E-state index in [1.165, 1.54) is 12.1 Å². The maximum atomic E-state index is 13.3. The van der Waals surface area contributed by atoms with Crippen molar-refractivity contribution >= 4 is 28.9 Å². The summed E-state index contributed by atoms with van der Waals surface area (Å²) in [6.07, 6.45) is -3.09. The molecule has 0 bridgehead atoms. The van der Waals surface area contributed by atoms with E-state index in [0.717, 1.165) is 0 Å². The van der Waals surface area contributed by atoms with Gasteiger partial charge in [0, 0.05) is 11.7 Å². The first-order valence-corrected chi connectivity index (χ1v) is 7.00. The van der Waals surface area contributed by atoms with Crippen LogP contribution in [0.25, 0.3) is 0 Å². The maximum absolute atomic E-state index is 13.3. The predicted octanol–water partition coefficient (Wildman–Crippen LogP) is 5.67. The lowest BCUT2D eigenvalue weighted by molar-refractivity contribution is -0.182. The van der Waals surface area contributed by atoms with Crippen molar-refractivity contribution in [1.29, 1.82) is 0 Å². The second-order valence-electron chi connectivity index (χ2n) is 4.99. The molecule has 0 atom stereocenters. The zero-order valence-corrected chi connectivity index (χ0v) is 11.9. The van der Waals surface area contributed by atoms with Crippen molar-refractivity contribution in [1.82, 2.24) is 0 Å². The van der Waals surface area contributed by atoms with Gasteiger partial charge in [-0.3, -0.25) is 0 Å². The number of halogens is 6. The van der Waals surface area contributed by atoms with Crippen molar-refractivity contribution in [2.75, 3.05) is 5.32 Å². The van der Waals surface area contributed by atoms with Gasteiger partial charge >= 0.3 is 6.18 Å². The molecule has 0 saturated heterocycles. The highest BCUT2D eigenvalue weighted by Crippen LogP contribution is 2.38. The molecule has 0 amide bonds. The highest BCUT2D eigenvalue weighted by Gasteiger charge is 2.41. The zero-order chi connectivity index (χ0) is 14.9. The van der Waals surface area contributed by atoms with Gasteiger partial charge in [-0.15, -0.1) is 0 Å². The molecule has 1 N–H and O–H groups in total. The number of benzene rings is 1. The lowest BCUT2D eigenvalue weighted by Crippen LogP contribution is -2.32. The molecule has 1 aliphatic rings. The van der Waals surface area contributed by atoms with E-state index in [1.54, 1.807) is 0 Å². The van der Waals surface area contributed by atoms with Crippen LogP contribution in [0.5, 0.6) is 0 Å². The van der Waals surface area contributed by atoms with Gasteiger partial charge in [-0.2, -0.15) is 13.2 Å². The quantitative estimate of drug-likeness (QED) is 0.544. The van der Waals surface area contributed by atoms with Gasteiger partial charge in [0.1, 0.15) is 0 Å². The molecule has 0 spiro atoms. The van der Waals surface area contributed by atoms with Gasteiger partial charge in [0.2, 0.25) is 0 Å². The van der Waals surface area contributed by atoms with E-state index in [-0.39, 0.29) is 28.9 Å². The van der Waals surface area contributed by atoms with Crippen molar-refractivity contribution < 1.29 is 17.6 Å². The molecule has 7 heteroatoms. The van der Waals surface area contributed by atoms with Crippen LogP contribution in [0.15, 0.2) is 12.1 Å². The maximum Gasteiger partial charge on any atom is 0.391 e. The van der Waals surface area contributed by atoms with Crippen LogP contribution in [0.3, 0.4) is 0 Å². The largest absolute Gasteiger partial charge is 0.391 e. The fourth-order valence-corrected chi connectivity index (χ4v) is 2.93. The van der Waals surface area contributed by atoms with Gasteiger partial charge in [-0.25, -0.2) is 4.39 Å². The van der Waals surface area contributed by atoms with Gasteiger partial charge in [0.05, 0.1) is 16.0 Å². The van der Waals surface area contributed by atoms with Crippen molar-refractivity contribution in [3.05, 3.63) is 28.0 Å². The minimum Gasteiger partial charge on any atom is -0.382 e. The van der Waals surface area contributed by atoms with Crippen molar-refractivity contribution in [2.45, 2.75) is 37.9 Å². The van der Waals surface area contributed by atoms with Crippen molar-refractivity contribution in [3.8, 4) is 0 Å². The summed E-state index contributed by atoms with van der Waals surface area (Å²) in [7, 11) is 0.